The van der Waals surface area contributed by atoms with Gasteiger partial charge in [0.15, 0.2) is 0 Å². The van der Waals surface area contributed by atoms with E-state index in [0.717, 1.165) is 12.8 Å². The third-order valence-electron chi connectivity index (χ3n) is 4.29. The average Bonchev–Trinajstić information content (AvgIpc) is 2.31. The van der Waals surface area contributed by atoms with Gasteiger partial charge in [-0.05, 0) is 33.9 Å². The quantitative estimate of drug-likeness (QED) is 0.506. The average molecular weight is 244 g/mol. The summed E-state index contributed by atoms with van der Waals surface area (Å²) < 4.78 is 5.87. The van der Waals surface area contributed by atoms with Crippen molar-refractivity contribution in [3.63, 3.8) is 0 Å². The molecule has 5 heteroatoms. The normalized spacial score (nSPS) is 51.0. The second-order valence-electron chi connectivity index (χ2n) is 5.26. The van der Waals surface area contributed by atoms with Crippen LogP contribution in [0.15, 0.2) is 0 Å². The van der Waals surface area contributed by atoms with Crippen LogP contribution in [0.2, 0.25) is 0 Å². The first kappa shape index (κ1) is 13.2. The van der Waals surface area contributed by atoms with E-state index in [2.05, 4.69) is 10.6 Å². The third-order valence-corrected chi connectivity index (χ3v) is 4.29. The van der Waals surface area contributed by atoms with E-state index in [-0.39, 0.29) is 30.2 Å². The van der Waals surface area contributed by atoms with E-state index in [4.69, 9.17) is 4.74 Å². The van der Waals surface area contributed by atoms with E-state index in [1.165, 1.54) is 0 Å². The molecule has 0 bridgehead atoms. The molecule has 100 valence electrons. The molecule has 7 atom stereocenters. The Kier molecular flexibility index (Phi) is 4.05. The zero-order chi connectivity index (χ0) is 12.6. The summed E-state index contributed by atoms with van der Waals surface area (Å²) in [4.78, 5) is 0. The number of fused-ring (bicyclic) bond motifs is 1. The Labute approximate surface area is 103 Å². The van der Waals surface area contributed by atoms with Gasteiger partial charge >= 0.3 is 0 Å². The largest absolute Gasteiger partial charge is 0.390 e. The van der Waals surface area contributed by atoms with Crippen LogP contribution in [0.5, 0.6) is 0 Å². The van der Waals surface area contributed by atoms with Crippen LogP contribution in [-0.2, 0) is 4.74 Å². The number of nitrogens with one attached hydrogen (secondary N) is 2. The Morgan fingerprint density at radius 2 is 1.65 bits per heavy atom. The van der Waals surface area contributed by atoms with Crippen molar-refractivity contribution in [1.82, 2.24) is 10.6 Å². The van der Waals surface area contributed by atoms with Gasteiger partial charge in [0.1, 0.15) is 0 Å². The lowest BCUT2D eigenvalue weighted by atomic mass is 9.72. The minimum atomic E-state index is -0.646. The maximum absolute atomic E-state index is 10.3. The van der Waals surface area contributed by atoms with Crippen molar-refractivity contribution in [2.24, 2.45) is 5.92 Å². The van der Waals surface area contributed by atoms with Crippen LogP contribution in [0, 0.1) is 5.92 Å². The van der Waals surface area contributed by atoms with Crippen LogP contribution in [0.1, 0.15) is 19.8 Å². The first-order valence-electron chi connectivity index (χ1n) is 6.46. The minimum absolute atomic E-state index is 0.0200. The first-order chi connectivity index (χ1) is 8.10. The molecule has 17 heavy (non-hydrogen) atoms. The first-order valence-corrected chi connectivity index (χ1v) is 6.46. The fraction of sp³-hybridized carbons (Fsp3) is 1.00. The van der Waals surface area contributed by atoms with Crippen molar-refractivity contribution >= 4 is 0 Å². The molecule has 1 saturated heterocycles. The molecule has 2 rings (SSSR count). The van der Waals surface area contributed by atoms with Crippen LogP contribution in [0.3, 0.4) is 0 Å². The summed E-state index contributed by atoms with van der Waals surface area (Å²) in [5, 5.41) is 26.7. The second kappa shape index (κ2) is 5.20. The highest BCUT2D eigenvalue weighted by Crippen LogP contribution is 2.36. The molecular formula is C12H24N2O3. The number of rotatable bonds is 2. The Morgan fingerprint density at radius 3 is 2.24 bits per heavy atom. The smallest absolute Gasteiger partial charge is 0.0983 e. The number of likely N-dealkylation sites (N-methyl/N-ethyl adjacent to an activating group) is 2. The van der Waals surface area contributed by atoms with E-state index in [1.54, 1.807) is 7.05 Å². The van der Waals surface area contributed by atoms with Crippen LogP contribution >= 0.6 is 0 Å². The molecule has 0 amide bonds. The van der Waals surface area contributed by atoms with Crippen molar-refractivity contribution in [2.45, 2.75) is 56.3 Å². The molecule has 0 aromatic rings. The predicted molar refractivity (Wildman–Crippen MR) is 64.8 cm³/mol. The zero-order valence-electron chi connectivity index (χ0n) is 10.8. The third kappa shape index (κ3) is 2.22. The van der Waals surface area contributed by atoms with Gasteiger partial charge in [0.2, 0.25) is 0 Å². The van der Waals surface area contributed by atoms with E-state index in [1.807, 2.05) is 14.0 Å². The Balaban J connectivity index is 2.20. The maximum atomic E-state index is 10.3. The van der Waals surface area contributed by atoms with Gasteiger partial charge in [-0.3, -0.25) is 0 Å². The lowest BCUT2D eigenvalue weighted by Gasteiger charge is -2.50. The van der Waals surface area contributed by atoms with Crippen LogP contribution in [0.25, 0.3) is 0 Å². The number of ether oxygens (including phenoxy) is 1. The van der Waals surface area contributed by atoms with Crippen molar-refractivity contribution in [3.8, 4) is 0 Å². The number of aliphatic hydroxyl groups excluding tert-OH is 2. The van der Waals surface area contributed by atoms with E-state index < -0.39 is 12.2 Å². The summed E-state index contributed by atoms with van der Waals surface area (Å²) in [6.45, 7) is 2.04. The van der Waals surface area contributed by atoms with Crippen LogP contribution in [0.4, 0.5) is 0 Å². The van der Waals surface area contributed by atoms with E-state index >= 15 is 0 Å². The zero-order valence-corrected chi connectivity index (χ0v) is 10.8. The van der Waals surface area contributed by atoms with Crippen molar-refractivity contribution in [1.29, 1.82) is 0 Å². The summed E-state index contributed by atoms with van der Waals surface area (Å²) in [5.41, 5.74) is 0. The Morgan fingerprint density at radius 1 is 1.00 bits per heavy atom. The fourth-order valence-electron chi connectivity index (χ4n) is 3.36. The molecule has 1 aliphatic carbocycles. The summed E-state index contributed by atoms with van der Waals surface area (Å²) in [6, 6.07) is -0.354. The molecular weight excluding hydrogens is 220 g/mol. The molecule has 1 saturated carbocycles. The number of hydrogen-bond acceptors (Lipinski definition) is 5. The summed E-state index contributed by atoms with van der Waals surface area (Å²) in [7, 11) is 3.61. The standard InChI is InChI=1S/C12H24N2O3/c1-6-4-5-7-8(13-2)10(15)9(14-3)11(16)12(7)17-6/h6-16H,4-5H2,1-3H3/t6-,7?,8?,9?,10?,11+,12?/m1/s1. The van der Waals surface area contributed by atoms with E-state index in [0.29, 0.717) is 0 Å². The molecule has 2 fully saturated rings. The highest BCUT2D eigenvalue weighted by molar-refractivity contribution is 5.05. The van der Waals surface area contributed by atoms with Gasteiger partial charge < -0.3 is 25.6 Å². The lowest BCUT2D eigenvalue weighted by molar-refractivity contribution is -0.184. The van der Waals surface area contributed by atoms with Gasteiger partial charge in [-0.2, -0.15) is 0 Å². The molecule has 0 aromatic carbocycles. The summed E-state index contributed by atoms with van der Waals surface area (Å²) >= 11 is 0. The second-order valence-corrected chi connectivity index (χ2v) is 5.26. The Hall–Kier alpha value is -0.200. The van der Waals surface area contributed by atoms with Gasteiger partial charge in [0.25, 0.3) is 0 Å². The molecule has 1 heterocycles. The molecule has 4 N–H and O–H groups in total. The molecule has 0 radical (unpaired) electrons. The van der Waals surface area contributed by atoms with Crippen molar-refractivity contribution in [2.75, 3.05) is 14.1 Å². The molecule has 0 spiro atoms. The summed E-state index contributed by atoms with van der Waals surface area (Å²) in [6.07, 6.45) is 0.754. The van der Waals surface area contributed by atoms with Gasteiger partial charge in [0.05, 0.1) is 30.5 Å². The number of aliphatic hydroxyl groups is 2. The molecule has 2 aliphatic rings. The Bertz CT molecular complexity index is 264. The molecule has 1 aliphatic heterocycles. The molecule has 5 nitrogen and oxygen atoms in total. The van der Waals surface area contributed by atoms with Gasteiger partial charge in [-0.25, -0.2) is 0 Å². The van der Waals surface area contributed by atoms with Gasteiger partial charge in [-0.1, -0.05) is 0 Å². The highest BCUT2D eigenvalue weighted by atomic mass is 16.5. The van der Waals surface area contributed by atoms with Gasteiger partial charge in [0, 0.05) is 12.0 Å². The van der Waals surface area contributed by atoms with Crippen LogP contribution < -0.4 is 10.6 Å². The predicted octanol–water partition coefficient (Wildman–Crippen LogP) is -0.918. The fourth-order valence-corrected chi connectivity index (χ4v) is 3.36. The SMILES string of the molecule is CNC1C(O)C(NC)[C@H](O)C2O[C@H](C)CCC12. The topological polar surface area (TPSA) is 73.8 Å². The van der Waals surface area contributed by atoms with Crippen LogP contribution in [-0.4, -0.2) is 60.8 Å². The van der Waals surface area contributed by atoms with Crippen molar-refractivity contribution < 1.29 is 14.9 Å². The van der Waals surface area contributed by atoms with E-state index in [9.17, 15) is 10.2 Å². The monoisotopic (exact) mass is 244 g/mol. The summed E-state index contributed by atoms with van der Waals surface area (Å²) in [5.74, 6) is 0.186. The minimum Gasteiger partial charge on any atom is -0.390 e. The maximum Gasteiger partial charge on any atom is 0.0983 e. The highest BCUT2D eigenvalue weighted by Gasteiger charge is 2.50. The number of hydrogen-bond donors (Lipinski definition) is 4. The molecule has 5 unspecified atom stereocenters. The molecule has 0 aromatic heterocycles. The van der Waals surface area contributed by atoms with Gasteiger partial charge in [-0.15, -0.1) is 0 Å². The van der Waals surface area contributed by atoms with Crippen molar-refractivity contribution in [3.05, 3.63) is 0 Å². The lowest BCUT2D eigenvalue weighted by Crippen LogP contribution is -2.69.